The second-order valence-electron chi connectivity index (χ2n) is 5.20. The molecule has 0 radical (unpaired) electrons. The first-order chi connectivity index (χ1) is 7.39. The van der Waals surface area contributed by atoms with Crippen LogP contribution in [0.3, 0.4) is 0 Å². The van der Waals surface area contributed by atoms with Gasteiger partial charge in [0.25, 0.3) is 0 Å². The third-order valence-electron chi connectivity index (χ3n) is 2.97. The average Bonchev–Trinajstić information content (AvgIpc) is 2.19. The molecule has 1 aliphatic heterocycles. The van der Waals surface area contributed by atoms with Crippen LogP contribution in [0.15, 0.2) is 0 Å². The summed E-state index contributed by atoms with van der Waals surface area (Å²) < 4.78 is 26.3. The third-order valence-corrected chi connectivity index (χ3v) is 4.44. The van der Waals surface area contributed by atoms with Gasteiger partial charge in [-0.15, -0.1) is 0 Å². The van der Waals surface area contributed by atoms with Gasteiger partial charge in [0.05, 0.1) is 5.75 Å². The molecule has 0 saturated carbocycles. The van der Waals surface area contributed by atoms with Gasteiger partial charge in [0.15, 0.2) is 0 Å². The molecule has 16 heavy (non-hydrogen) atoms. The van der Waals surface area contributed by atoms with Crippen LogP contribution in [0.25, 0.3) is 0 Å². The molecule has 1 heterocycles. The molecule has 2 unspecified atom stereocenters. The normalized spacial score (nSPS) is 27.2. The first-order valence-electron chi connectivity index (χ1n) is 6.12. The molecule has 4 nitrogen and oxygen atoms in total. The van der Waals surface area contributed by atoms with E-state index in [0.29, 0.717) is 12.0 Å². The Hall–Kier alpha value is -0.130. The first-order valence-corrected chi connectivity index (χ1v) is 7.77. The van der Waals surface area contributed by atoms with Crippen LogP contribution in [-0.2, 0) is 10.0 Å². The van der Waals surface area contributed by atoms with Crippen molar-refractivity contribution in [3.8, 4) is 0 Å². The molecule has 0 aliphatic carbocycles. The lowest BCUT2D eigenvalue weighted by atomic mass is 10.0. The second kappa shape index (κ2) is 5.98. The van der Waals surface area contributed by atoms with Crippen LogP contribution in [-0.4, -0.2) is 32.8 Å². The third kappa shape index (κ3) is 5.27. The molecular weight excluding hydrogens is 224 g/mol. The van der Waals surface area contributed by atoms with Crippen molar-refractivity contribution in [2.24, 2.45) is 5.92 Å². The zero-order valence-corrected chi connectivity index (χ0v) is 11.3. The Morgan fingerprint density at radius 2 is 2.06 bits per heavy atom. The van der Waals surface area contributed by atoms with Gasteiger partial charge in [-0.2, -0.15) is 0 Å². The predicted octanol–water partition coefficient (Wildman–Crippen LogP) is 1.09. The molecule has 0 aromatic carbocycles. The Morgan fingerprint density at radius 3 is 2.56 bits per heavy atom. The van der Waals surface area contributed by atoms with E-state index in [9.17, 15) is 8.42 Å². The van der Waals surface area contributed by atoms with Crippen LogP contribution in [0.4, 0.5) is 0 Å². The van der Waals surface area contributed by atoms with Crippen molar-refractivity contribution in [1.29, 1.82) is 0 Å². The number of sulfonamides is 1. The fourth-order valence-corrected chi connectivity index (χ4v) is 3.41. The summed E-state index contributed by atoms with van der Waals surface area (Å²) in [5.41, 5.74) is 0. The number of hydrogen-bond donors (Lipinski definition) is 2. The van der Waals surface area contributed by atoms with Crippen molar-refractivity contribution < 1.29 is 8.42 Å². The average molecular weight is 248 g/mol. The fraction of sp³-hybridized carbons (Fsp3) is 1.00. The maximum atomic E-state index is 11.7. The molecule has 0 aromatic rings. The molecule has 0 amide bonds. The van der Waals surface area contributed by atoms with Gasteiger partial charge in [-0.3, -0.25) is 0 Å². The van der Waals surface area contributed by atoms with Crippen molar-refractivity contribution in [3.05, 3.63) is 0 Å². The molecule has 1 fully saturated rings. The lowest BCUT2D eigenvalue weighted by molar-refractivity contribution is 0.366. The van der Waals surface area contributed by atoms with Crippen LogP contribution in [0.5, 0.6) is 0 Å². The highest BCUT2D eigenvalue weighted by molar-refractivity contribution is 7.89. The van der Waals surface area contributed by atoms with Crippen LogP contribution in [0.2, 0.25) is 0 Å². The summed E-state index contributed by atoms with van der Waals surface area (Å²) in [6, 6.07) is 0.588. The quantitative estimate of drug-likeness (QED) is 0.766. The van der Waals surface area contributed by atoms with E-state index < -0.39 is 10.0 Å². The smallest absolute Gasteiger partial charge is 0.211 e. The van der Waals surface area contributed by atoms with Gasteiger partial charge in [0.1, 0.15) is 0 Å². The fourth-order valence-electron chi connectivity index (χ4n) is 1.80. The van der Waals surface area contributed by atoms with Gasteiger partial charge >= 0.3 is 0 Å². The molecule has 2 N–H and O–H groups in total. The topological polar surface area (TPSA) is 58.2 Å². The maximum absolute atomic E-state index is 11.7. The highest BCUT2D eigenvalue weighted by atomic mass is 32.2. The van der Waals surface area contributed by atoms with Crippen molar-refractivity contribution in [3.63, 3.8) is 0 Å². The molecule has 96 valence electrons. The Bertz CT molecular complexity index is 293. The maximum Gasteiger partial charge on any atom is 0.211 e. The zero-order valence-electron chi connectivity index (χ0n) is 10.5. The molecule has 2 atom stereocenters. The molecule has 1 rings (SSSR count). The van der Waals surface area contributed by atoms with Gasteiger partial charge in [-0.05, 0) is 32.1 Å². The number of rotatable bonds is 5. The SMILES string of the molecule is CC(C)CCS(=O)(=O)NC1CCC(C)NC1. The number of piperidine rings is 1. The van der Waals surface area contributed by atoms with E-state index in [2.05, 4.69) is 17.0 Å². The molecule has 1 saturated heterocycles. The van der Waals surface area contributed by atoms with Gasteiger partial charge in [-0.25, -0.2) is 13.1 Å². The summed E-state index contributed by atoms with van der Waals surface area (Å²) in [7, 11) is -3.08. The van der Waals surface area contributed by atoms with Gasteiger partial charge in [0.2, 0.25) is 10.0 Å². The number of hydrogen-bond acceptors (Lipinski definition) is 3. The van der Waals surface area contributed by atoms with Crippen LogP contribution in [0.1, 0.15) is 40.0 Å². The Labute approximate surface area is 99.2 Å². The molecule has 5 heteroatoms. The number of nitrogens with one attached hydrogen (secondary N) is 2. The minimum Gasteiger partial charge on any atom is -0.313 e. The molecule has 0 spiro atoms. The van der Waals surface area contributed by atoms with Gasteiger partial charge < -0.3 is 5.32 Å². The van der Waals surface area contributed by atoms with Gasteiger partial charge in [0, 0.05) is 18.6 Å². The Morgan fingerprint density at radius 1 is 1.38 bits per heavy atom. The van der Waals surface area contributed by atoms with E-state index in [1.165, 1.54) is 0 Å². The lowest BCUT2D eigenvalue weighted by Crippen LogP contribution is -2.49. The second-order valence-corrected chi connectivity index (χ2v) is 7.08. The monoisotopic (exact) mass is 248 g/mol. The van der Waals surface area contributed by atoms with E-state index in [0.717, 1.165) is 25.8 Å². The largest absolute Gasteiger partial charge is 0.313 e. The summed E-state index contributed by atoms with van der Waals surface area (Å²) in [5, 5.41) is 3.29. The highest BCUT2D eigenvalue weighted by Crippen LogP contribution is 2.09. The molecular formula is C11H24N2O2S. The van der Waals surface area contributed by atoms with Crippen molar-refractivity contribution in [1.82, 2.24) is 10.0 Å². The minimum atomic E-state index is -3.08. The van der Waals surface area contributed by atoms with Crippen LogP contribution in [0, 0.1) is 5.92 Å². The van der Waals surface area contributed by atoms with E-state index in [-0.39, 0.29) is 11.8 Å². The zero-order chi connectivity index (χ0) is 12.2. The summed E-state index contributed by atoms with van der Waals surface area (Å²) in [6.45, 7) is 6.96. The molecule has 1 aliphatic rings. The summed E-state index contributed by atoms with van der Waals surface area (Å²) in [5.74, 6) is 0.678. The van der Waals surface area contributed by atoms with Gasteiger partial charge in [-0.1, -0.05) is 13.8 Å². The van der Waals surface area contributed by atoms with E-state index in [1.54, 1.807) is 0 Å². The summed E-state index contributed by atoms with van der Waals surface area (Å²) in [6.07, 6.45) is 2.71. The lowest BCUT2D eigenvalue weighted by Gasteiger charge is -2.28. The highest BCUT2D eigenvalue weighted by Gasteiger charge is 2.22. The van der Waals surface area contributed by atoms with E-state index in [1.807, 2.05) is 13.8 Å². The summed E-state index contributed by atoms with van der Waals surface area (Å²) >= 11 is 0. The van der Waals surface area contributed by atoms with Crippen molar-refractivity contribution >= 4 is 10.0 Å². The van der Waals surface area contributed by atoms with E-state index in [4.69, 9.17) is 0 Å². The molecule has 0 aromatic heterocycles. The minimum absolute atomic E-state index is 0.0772. The predicted molar refractivity (Wildman–Crippen MR) is 66.9 cm³/mol. The Balaban J connectivity index is 2.35. The van der Waals surface area contributed by atoms with Crippen LogP contribution < -0.4 is 10.0 Å². The van der Waals surface area contributed by atoms with Crippen LogP contribution >= 0.6 is 0 Å². The standard InChI is InChI=1S/C11H24N2O2S/c1-9(2)6-7-16(14,15)13-11-5-4-10(3)12-8-11/h9-13H,4-8H2,1-3H3. The van der Waals surface area contributed by atoms with Crippen molar-refractivity contribution in [2.75, 3.05) is 12.3 Å². The summed E-state index contributed by atoms with van der Waals surface area (Å²) in [4.78, 5) is 0. The Kier molecular flexibility index (Phi) is 5.21. The van der Waals surface area contributed by atoms with Crippen molar-refractivity contribution in [2.45, 2.75) is 52.1 Å². The van der Waals surface area contributed by atoms with E-state index >= 15 is 0 Å². The first kappa shape index (κ1) is 13.9. The molecule has 0 bridgehead atoms.